The first-order valence-corrected chi connectivity index (χ1v) is 22.2. The molecule has 0 spiro atoms. The molecule has 0 saturated heterocycles. The highest BCUT2D eigenvalue weighted by Gasteiger charge is 2.12. The van der Waals surface area contributed by atoms with Crippen molar-refractivity contribution in [2.75, 3.05) is 17.3 Å². The molecule has 0 bridgehead atoms. The van der Waals surface area contributed by atoms with E-state index in [4.69, 9.17) is 0 Å². The minimum absolute atomic E-state index is 1.28. The number of hydrogen-bond acceptors (Lipinski definition) is 3. The number of hydrogen-bond donors (Lipinski definition) is 0. The lowest BCUT2D eigenvalue weighted by Crippen LogP contribution is -1.92. The Morgan fingerprint density at radius 1 is 0.349 bits per heavy atom. The molecule has 1 aromatic rings. The van der Waals surface area contributed by atoms with Crippen LogP contribution in [0.1, 0.15) is 200 Å². The van der Waals surface area contributed by atoms with Gasteiger partial charge in [-0.15, -0.1) is 35.3 Å². The average molecular weight is 651 g/mol. The van der Waals surface area contributed by atoms with E-state index >= 15 is 0 Å². The molecule has 0 nitrogen and oxygen atoms in total. The first kappa shape index (κ1) is 41.3. The molecule has 0 amide bonds. The van der Waals surface area contributed by atoms with Crippen LogP contribution in [0.4, 0.5) is 0 Å². The van der Waals surface area contributed by atoms with Crippen molar-refractivity contribution >= 4 is 35.3 Å². The number of aryl methyl sites for hydroxylation is 1. The highest BCUT2D eigenvalue weighted by Crippen LogP contribution is 2.41. The SMILES string of the molecule is CCCCCCCCCCCSc1cc(C)cc(SCCCCCCCCCCC)c1SCCCCCCCCCCC. The molecule has 1 aromatic carbocycles. The monoisotopic (exact) mass is 650 g/mol. The fraction of sp³-hybridized carbons (Fsp3) is 0.850. The van der Waals surface area contributed by atoms with Gasteiger partial charge in [-0.05, 0) is 61.1 Å². The summed E-state index contributed by atoms with van der Waals surface area (Å²) in [6.07, 6.45) is 38.3. The third-order valence-corrected chi connectivity index (χ3v) is 12.4. The Hall–Kier alpha value is 0.270. The van der Waals surface area contributed by atoms with Crippen LogP contribution in [0.25, 0.3) is 0 Å². The molecule has 252 valence electrons. The van der Waals surface area contributed by atoms with Crippen LogP contribution >= 0.6 is 35.3 Å². The maximum atomic E-state index is 2.50. The van der Waals surface area contributed by atoms with E-state index in [0.717, 1.165) is 0 Å². The predicted molar refractivity (Wildman–Crippen MR) is 205 cm³/mol. The maximum absolute atomic E-state index is 2.50. The summed E-state index contributed by atoms with van der Waals surface area (Å²) in [5.74, 6) is 3.86. The van der Waals surface area contributed by atoms with Crippen molar-refractivity contribution in [1.29, 1.82) is 0 Å². The van der Waals surface area contributed by atoms with Crippen molar-refractivity contribution in [3.05, 3.63) is 17.7 Å². The number of rotatable bonds is 33. The van der Waals surface area contributed by atoms with Gasteiger partial charge in [-0.1, -0.05) is 175 Å². The summed E-state index contributed by atoms with van der Waals surface area (Å²) in [6.45, 7) is 9.26. The van der Waals surface area contributed by atoms with Crippen LogP contribution in [0.3, 0.4) is 0 Å². The van der Waals surface area contributed by atoms with Gasteiger partial charge in [-0.2, -0.15) is 0 Å². The molecule has 0 aliphatic heterocycles. The third kappa shape index (κ3) is 25.1. The lowest BCUT2D eigenvalue weighted by Gasteiger charge is -2.16. The Morgan fingerprint density at radius 3 is 0.907 bits per heavy atom. The zero-order chi connectivity index (χ0) is 31.1. The summed E-state index contributed by atoms with van der Waals surface area (Å²) in [5, 5.41) is 0. The molecule has 0 heterocycles. The lowest BCUT2D eigenvalue weighted by atomic mass is 10.1. The second-order valence-corrected chi connectivity index (χ2v) is 16.5. The Bertz CT molecular complexity index is 671. The van der Waals surface area contributed by atoms with E-state index in [1.165, 1.54) is 196 Å². The molecule has 0 unspecified atom stereocenters. The molecule has 0 N–H and O–H groups in total. The summed E-state index contributed by atoms with van der Waals surface area (Å²) in [7, 11) is 0. The number of benzene rings is 1. The van der Waals surface area contributed by atoms with Gasteiger partial charge < -0.3 is 0 Å². The van der Waals surface area contributed by atoms with Gasteiger partial charge in [0.1, 0.15) is 0 Å². The molecule has 0 aromatic heterocycles. The number of thioether (sulfide) groups is 3. The largest absolute Gasteiger partial charge is 0.125 e. The zero-order valence-electron chi connectivity index (χ0n) is 29.6. The van der Waals surface area contributed by atoms with Crippen LogP contribution in [0.2, 0.25) is 0 Å². The summed E-state index contributed by atoms with van der Waals surface area (Å²) in [6, 6.07) is 5.00. The Kier molecular flexibility index (Phi) is 30.9. The van der Waals surface area contributed by atoms with Gasteiger partial charge >= 0.3 is 0 Å². The molecule has 0 atom stereocenters. The summed E-state index contributed by atoms with van der Waals surface area (Å²) in [4.78, 5) is 4.78. The minimum atomic E-state index is 1.28. The van der Waals surface area contributed by atoms with Gasteiger partial charge in [-0.3, -0.25) is 0 Å². The highest BCUT2D eigenvalue weighted by atomic mass is 32.2. The second kappa shape index (κ2) is 32.2. The molecule has 43 heavy (non-hydrogen) atoms. The second-order valence-electron chi connectivity index (χ2n) is 13.1. The van der Waals surface area contributed by atoms with Crippen LogP contribution in [-0.4, -0.2) is 17.3 Å². The highest BCUT2D eigenvalue weighted by molar-refractivity contribution is 8.03. The molecule has 0 fully saturated rings. The van der Waals surface area contributed by atoms with E-state index in [-0.39, 0.29) is 0 Å². The summed E-state index contributed by atoms with van der Waals surface area (Å²) < 4.78 is 0. The maximum Gasteiger partial charge on any atom is 0.0344 e. The van der Waals surface area contributed by atoms with Crippen molar-refractivity contribution < 1.29 is 0 Å². The summed E-state index contributed by atoms with van der Waals surface area (Å²) in [5.41, 5.74) is 1.46. The first-order valence-electron chi connectivity index (χ1n) is 19.3. The fourth-order valence-electron chi connectivity index (χ4n) is 5.84. The van der Waals surface area contributed by atoms with Gasteiger partial charge in [0, 0.05) is 14.7 Å². The van der Waals surface area contributed by atoms with Crippen LogP contribution in [0.15, 0.2) is 26.8 Å². The standard InChI is InChI=1S/C40H74S3/c1-5-8-11-14-17-20-23-26-29-32-41-38-35-37(4)36-39(42-33-30-27-24-21-18-15-12-9-6-2)40(38)43-34-31-28-25-22-19-16-13-10-7-3/h35-36H,5-34H2,1-4H3. The van der Waals surface area contributed by atoms with Crippen LogP contribution in [0, 0.1) is 6.92 Å². The average Bonchev–Trinajstić information content (AvgIpc) is 3.00. The molecule has 1 rings (SSSR count). The van der Waals surface area contributed by atoms with Gasteiger partial charge in [0.15, 0.2) is 0 Å². The van der Waals surface area contributed by atoms with E-state index in [9.17, 15) is 0 Å². The van der Waals surface area contributed by atoms with Crippen molar-refractivity contribution in [1.82, 2.24) is 0 Å². The minimum Gasteiger partial charge on any atom is -0.125 e. The molecule has 0 saturated carbocycles. The van der Waals surface area contributed by atoms with Crippen molar-refractivity contribution in [2.45, 2.75) is 216 Å². The molecule has 0 radical (unpaired) electrons. The quantitative estimate of drug-likeness (QED) is 0.0549. The van der Waals surface area contributed by atoms with Gasteiger partial charge in [-0.25, -0.2) is 0 Å². The topological polar surface area (TPSA) is 0 Å². The van der Waals surface area contributed by atoms with Crippen LogP contribution in [-0.2, 0) is 0 Å². The Labute approximate surface area is 284 Å². The van der Waals surface area contributed by atoms with E-state index in [1.807, 2.05) is 0 Å². The summed E-state index contributed by atoms with van der Waals surface area (Å²) >= 11 is 6.49. The van der Waals surface area contributed by atoms with Gasteiger partial charge in [0.05, 0.1) is 0 Å². The zero-order valence-corrected chi connectivity index (χ0v) is 32.0. The van der Waals surface area contributed by atoms with E-state index in [2.05, 4.69) is 75.1 Å². The van der Waals surface area contributed by atoms with Crippen LogP contribution < -0.4 is 0 Å². The molecule has 0 aliphatic rings. The Morgan fingerprint density at radius 2 is 0.605 bits per heavy atom. The fourth-order valence-corrected chi connectivity index (χ4v) is 9.73. The lowest BCUT2D eigenvalue weighted by molar-refractivity contribution is 0.573. The smallest absolute Gasteiger partial charge is 0.0344 e. The normalized spacial score (nSPS) is 11.5. The van der Waals surface area contributed by atoms with Crippen molar-refractivity contribution in [3.63, 3.8) is 0 Å². The third-order valence-electron chi connectivity index (χ3n) is 8.67. The van der Waals surface area contributed by atoms with Crippen molar-refractivity contribution in [2.24, 2.45) is 0 Å². The first-order chi connectivity index (χ1) is 21.2. The predicted octanol–water partition coefficient (Wildman–Crippen LogP) is 15.9. The van der Waals surface area contributed by atoms with Gasteiger partial charge in [0.25, 0.3) is 0 Å². The van der Waals surface area contributed by atoms with Crippen molar-refractivity contribution in [3.8, 4) is 0 Å². The van der Waals surface area contributed by atoms with Crippen LogP contribution in [0.5, 0.6) is 0 Å². The van der Waals surface area contributed by atoms with E-state index in [1.54, 1.807) is 14.7 Å². The molecular formula is C40H74S3. The van der Waals surface area contributed by atoms with E-state index < -0.39 is 0 Å². The number of unbranched alkanes of at least 4 members (excludes halogenated alkanes) is 24. The van der Waals surface area contributed by atoms with E-state index in [0.29, 0.717) is 0 Å². The molecule has 3 heteroatoms. The van der Waals surface area contributed by atoms with Gasteiger partial charge in [0.2, 0.25) is 0 Å². The Balaban J connectivity index is 2.50. The molecule has 0 aliphatic carbocycles. The molecular weight excluding hydrogens is 577 g/mol.